The molecule has 1 aromatic heterocycles. The van der Waals surface area contributed by atoms with Gasteiger partial charge in [0.25, 0.3) is 0 Å². The molecule has 0 bridgehead atoms. The first-order valence-corrected chi connectivity index (χ1v) is 5.00. The summed E-state index contributed by atoms with van der Waals surface area (Å²) in [5.74, 6) is -0.461. The molecule has 4 nitrogen and oxygen atoms in total. The van der Waals surface area contributed by atoms with E-state index in [1.54, 1.807) is 0 Å². The predicted molar refractivity (Wildman–Crippen MR) is 58.7 cm³/mol. The molecule has 0 radical (unpaired) electrons. The third-order valence-electron chi connectivity index (χ3n) is 1.90. The standard InChI is InChI=1S/C10H7BrN2O2/c11-7-3-1-2-6(4-7)9-12-5-8(13-9)10(14)15/h1-5H,(H,12,13)(H,14,15). The SMILES string of the molecule is O=C(O)c1cnc(-c2cccc(Br)c2)[nH]1. The lowest BCUT2D eigenvalue weighted by Crippen LogP contribution is -1.95. The number of nitrogens with one attached hydrogen (secondary N) is 1. The van der Waals surface area contributed by atoms with Crippen LogP contribution in [0.5, 0.6) is 0 Å². The Balaban J connectivity index is 2.41. The minimum Gasteiger partial charge on any atom is -0.477 e. The zero-order chi connectivity index (χ0) is 10.8. The number of hydrogen-bond donors (Lipinski definition) is 2. The van der Waals surface area contributed by atoms with E-state index < -0.39 is 5.97 Å². The summed E-state index contributed by atoms with van der Waals surface area (Å²) in [6.45, 7) is 0. The van der Waals surface area contributed by atoms with E-state index in [1.807, 2.05) is 24.3 Å². The number of aromatic nitrogens is 2. The number of hydrogen-bond acceptors (Lipinski definition) is 2. The van der Waals surface area contributed by atoms with Crippen LogP contribution in [0, 0.1) is 0 Å². The first kappa shape index (κ1) is 9.92. The molecule has 15 heavy (non-hydrogen) atoms. The van der Waals surface area contributed by atoms with Gasteiger partial charge >= 0.3 is 5.97 Å². The van der Waals surface area contributed by atoms with Gasteiger partial charge in [0.05, 0.1) is 6.20 Å². The molecule has 2 aromatic rings. The maximum absolute atomic E-state index is 10.6. The summed E-state index contributed by atoms with van der Waals surface area (Å²) in [6.07, 6.45) is 1.30. The van der Waals surface area contributed by atoms with Crippen LogP contribution in [0.4, 0.5) is 0 Å². The minimum atomic E-state index is -1.01. The molecule has 0 amide bonds. The minimum absolute atomic E-state index is 0.0879. The normalized spacial score (nSPS) is 10.2. The van der Waals surface area contributed by atoms with E-state index in [2.05, 4.69) is 25.9 Å². The van der Waals surface area contributed by atoms with Crippen LogP contribution in [0.25, 0.3) is 11.4 Å². The lowest BCUT2D eigenvalue weighted by molar-refractivity contribution is 0.0691. The number of rotatable bonds is 2. The summed E-state index contributed by atoms with van der Waals surface area (Å²) in [5, 5.41) is 8.72. The number of carbonyl (C=O) groups is 1. The molecular weight excluding hydrogens is 260 g/mol. The molecule has 76 valence electrons. The molecule has 2 rings (SSSR count). The third-order valence-corrected chi connectivity index (χ3v) is 2.40. The second kappa shape index (κ2) is 3.86. The molecule has 0 spiro atoms. The summed E-state index contributed by atoms with van der Waals surface area (Å²) in [6, 6.07) is 7.48. The van der Waals surface area contributed by atoms with Crippen molar-refractivity contribution >= 4 is 21.9 Å². The number of nitrogens with zero attached hydrogens (tertiary/aromatic N) is 1. The second-order valence-corrected chi connectivity index (χ2v) is 3.88. The van der Waals surface area contributed by atoms with Crippen molar-refractivity contribution in [3.8, 4) is 11.4 Å². The molecule has 0 fully saturated rings. The largest absolute Gasteiger partial charge is 0.477 e. The predicted octanol–water partition coefficient (Wildman–Crippen LogP) is 2.54. The molecule has 0 aliphatic carbocycles. The Hall–Kier alpha value is -1.62. The van der Waals surface area contributed by atoms with Crippen LogP contribution in [0.2, 0.25) is 0 Å². The van der Waals surface area contributed by atoms with Crippen LogP contribution in [-0.4, -0.2) is 21.0 Å². The van der Waals surface area contributed by atoms with E-state index in [0.29, 0.717) is 5.82 Å². The number of H-pyrrole nitrogens is 1. The van der Waals surface area contributed by atoms with Gasteiger partial charge in [-0.05, 0) is 12.1 Å². The Morgan fingerprint density at radius 2 is 2.27 bits per heavy atom. The lowest BCUT2D eigenvalue weighted by atomic mass is 10.2. The van der Waals surface area contributed by atoms with E-state index in [1.165, 1.54) is 6.20 Å². The number of carboxylic acids is 1. The fourth-order valence-electron chi connectivity index (χ4n) is 1.21. The molecule has 1 aromatic carbocycles. The van der Waals surface area contributed by atoms with Crippen LogP contribution in [0.1, 0.15) is 10.5 Å². The average Bonchev–Trinajstić information content (AvgIpc) is 2.66. The summed E-state index contributed by atoms with van der Waals surface area (Å²) in [5.41, 5.74) is 0.932. The molecule has 1 heterocycles. The summed E-state index contributed by atoms with van der Waals surface area (Å²) >= 11 is 3.34. The summed E-state index contributed by atoms with van der Waals surface area (Å²) in [4.78, 5) is 17.3. The fraction of sp³-hybridized carbons (Fsp3) is 0. The van der Waals surface area contributed by atoms with Crippen molar-refractivity contribution in [2.45, 2.75) is 0 Å². The van der Waals surface area contributed by atoms with Gasteiger partial charge in [0, 0.05) is 10.0 Å². The summed E-state index contributed by atoms with van der Waals surface area (Å²) < 4.78 is 0.924. The highest BCUT2D eigenvalue weighted by molar-refractivity contribution is 9.10. The molecule has 0 saturated carbocycles. The smallest absolute Gasteiger partial charge is 0.353 e. The van der Waals surface area contributed by atoms with Crippen molar-refractivity contribution in [2.24, 2.45) is 0 Å². The molecule has 5 heteroatoms. The molecule has 0 aliphatic rings. The van der Waals surface area contributed by atoms with E-state index in [0.717, 1.165) is 10.0 Å². The Labute approximate surface area is 94.1 Å². The van der Waals surface area contributed by atoms with Crippen molar-refractivity contribution in [1.29, 1.82) is 0 Å². The van der Waals surface area contributed by atoms with E-state index in [9.17, 15) is 4.79 Å². The Morgan fingerprint density at radius 1 is 1.47 bits per heavy atom. The van der Waals surface area contributed by atoms with E-state index in [4.69, 9.17) is 5.11 Å². The van der Waals surface area contributed by atoms with Crippen molar-refractivity contribution in [2.75, 3.05) is 0 Å². The van der Waals surface area contributed by atoms with Gasteiger partial charge in [-0.1, -0.05) is 28.1 Å². The monoisotopic (exact) mass is 266 g/mol. The highest BCUT2D eigenvalue weighted by Gasteiger charge is 2.08. The third kappa shape index (κ3) is 2.07. The van der Waals surface area contributed by atoms with Gasteiger partial charge in [-0.25, -0.2) is 9.78 Å². The zero-order valence-electron chi connectivity index (χ0n) is 7.57. The molecular formula is C10H7BrN2O2. The van der Waals surface area contributed by atoms with Crippen LogP contribution < -0.4 is 0 Å². The Morgan fingerprint density at radius 3 is 2.87 bits per heavy atom. The highest BCUT2D eigenvalue weighted by atomic mass is 79.9. The maximum atomic E-state index is 10.6. The van der Waals surface area contributed by atoms with Crippen LogP contribution in [0.3, 0.4) is 0 Å². The van der Waals surface area contributed by atoms with Crippen molar-refractivity contribution < 1.29 is 9.90 Å². The van der Waals surface area contributed by atoms with Crippen molar-refractivity contribution in [3.63, 3.8) is 0 Å². The first-order chi connectivity index (χ1) is 7.16. The Bertz CT molecular complexity index is 508. The van der Waals surface area contributed by atoms with Gasteiger partial charge in [0.1, 0.15) is 11.5 Å². The fourth-order valence-corrected chi connectivity index (χ4v) is 1.61. The molecule has 0 saturated heterocycles. The van der Waals surface area contributed by atoms with E-state index >= 15 is 0 Å². The number of imidazole rings is 1. The summed E-state index contributed by atoms with van der Waals surface area (Å²) in [7, 11) is 0. The van der Waals surface area contributed by atoms with Crippen LogP contribution >= 0.6 is 15.9 Å². The van der Waals surface area contributed by atoms with Crippen LogP contribution in [0.15, 0.2) is 34.9 Å². The van der Waals surface area contributed by atoms with Crippen molar-refractivity contribution in [3.05, 3.63) is 40.6 Å². The number of benzene rings is 1. The first-order valence-electron chi connectivity index (χ1n) is 4.21. The molecule has 0 atom stereocenters. The number of aromatic carboxylic acids is 1. The van der Waals surface area contributed by atoms with Crippen molar-refractivity contribution in [1.82, 2.24) is 9.97 Å². The van der Waals surface area contributed by atoms with E-state index in [-0.39, 0.29) is 5.69 Å². The quantitative estimate of drug-likeness (QED) is 0.878. The zero-order valence-corrected chi connectivity index (χ0v) is 9.15. The molecule has 0 aliphatic heterocycles. The van der Waals surface area contributed by atoms with Gasteiger partial charge in [-0.15, -0.1) is 0 Å². The molecule has 2 N–H and O–H groups in total. The van der Waals surface area contributed by atoms with Gasteiger partial charge in [0.2, 0.25) is 0 Å². The second-order valence-electron chi connectivity index (χ2n) is 2.96. The highest BCUT2D eigenvalue weighted by Crippen LogP contribution is 2.20. The average molecular weight is 267 g/mol. The van der Waals surface area contributed by atoms with Crippen LogP contribution in [-0.2, 0) is 0 Å². The lowest BCUT2D eigenvalue weighted by Gasteiger charge is -1.96. The number of aromatic amines is 1. The van der Waals surface area contributed by atoms with Gasteiger partial charge in [-0.2, -0.15) is 0 Å². The maximum Gasteiger partial charge on any atom is 0.353 e. The van der Waals surface area contributed by atoms with Gasteiger partial charge < -0.3 is 10.1 Å². The molecule has 0 unspecified atom stereocenters. The topological polar surface area (TPSA) is 66.0 Å². The Kier molecular flexibility index (Phi) is 2.55. The number of halogens is 1. The van der Waals surface area contributed by atoms with Gasteiger partial charge in [0.15, 0.2) is 0 Å². The number of carboxylic acid groups (broad SMARTS) is 1. The van der Waals surface area contributed by atoms with Gasteiger partial charge in [-0.3, -0.25) is 0 Å².